The standard InChI is InChI=1S/C14H18N2O/c1-2-15-9-13-6-7-16(11-13)10-12-4-3-5-14(17)8-12/h3-8,11,15,17H,2,9-10H2,1H3. The number of aromatic hydroxyl groups is 1. The van der Waals surface area contributed by atoms with Crippen LogP contribution >= 0.6 is 0 Å². The van der Waals surface area contributed by atoms with Gasteiger partial charge in [-0.25, -0.2) is 0 Å². The van der Waals surface area contributed by atoms with Crippen LogP contribution in [-0.2, 0) is 13.1 Å². The first-order chi connectivity index (χ1) is 8.28. The second-order valence-corrected chi connectivity index (χ2v) is 4.14. The zero-order chi connectivity index (χ0) is 12.1. The lowest BCUT2D eigenvalue weighted by Crippen LogP contribution is -2.11. The highest BCUT2D eigenvalue weighted by molar-refractivity contribution is 5.27. The number of phenols is 1. The van der Waals surface area contributed by atoms with E-state index in [1.54, 1.807) is 12.1 Å². The Morgan fingerprint density at radius 3 is 2.88 bits per heavy atom. The molecular weight excluding hydrogens is 212 g/mol. The summed E-state index contributed by atoms with van der Waals surface area (Å²) in [4.78, 5) is 0. The number of phenolic OH excluding ortho intramolecular Hbond substituents is 1. The number of nitrogens with one attached hydrogen (secondary N) is 1. The monoisotopic (exact) mass is 230 g/mol. The zero-order valence-electron chi connectivity index (χ0n) is 10.1. The average Bonchev–Trinajstić information content (AvgIpc) is 2.74. The van der Waals surface area contributed by atoms with Crippen LogP contribution in [0.3, 0.4) is 0 Å². The Labute approximate surface area is 102 Å². The molecule has 0 aliphatic rings. The van der Waals surface area contributed by atoms with Gasteiger partial charge in [0.2, 0.25) is 0 Å². The summed E-state index contributed by atoms with van der Waals surface area (Å²) < 4.78 is 2.13. The summed E-state index contributed by atoms with van der Waals surface area (Å²) in [6, 6.07) is 9.49. The van der Waals surface area contributed by atoms with Crippen molar-refractivity contribution in [3.63, 3.8) is 0 Å². The first-order valence-electron chi connectivity index (χ1n) is 5.91. The van der Waals surface area contributed by atoms with Crippen LogP contribution in [0.15, 0.2) is 42.7 Å². The molecular formula is C14H18N2O. The van der Waals surface area contributed by atoms with Gasteiger partial charge in [-0.15, -0.1) is 0 Å². The molecule has 0 saturated heterocycles. The minimum atomic E-state index is 0.322. The Balaban J connectivity index is 2.01. The van der Waals surface area contributed by atoms with Gasteiger partial charge in [0, 0.05) is 25.5 Å². The summed E-state index contributed by atoms with van der Waals surface area (Å²) in [5.74, 6) is 0.322. The smallest absolute Gasteiger partial charge is 0.115 e. The molecule has 2 N–H and O–H groups in total. The van der Waals surface area contributed by atoms with Crippen molar-refractivity contribution in [2.24, 2.45) is 0 Å². The maximum Gasteiger partial charge on any atom is 0.115 e. The highest BCUT2D eigenvalue weighted by atomic mass is 16.3. The molecule has 0 fully saturated rings. The molecule has 1 aromatic heterocycles. The Morgan fingerprint density at radius 2 is 2.12 bits per heavy atom. The first kappa shape index (κ1) is 11.7. The number of hydrogen-bond donors (Lipinski definition) is 2. The van der Waals surface area contributed by atoms with Crippen LogP contribution in [0, 0.1) is 0 Å². The molecule has 0 spiro atoms. The summed E-state index contributed by atoms with van der Waals surface area (Å²) in [5, 5.41) is 12.7. The van der Waals surface area contributed by atoms with Crippen molar-refractivity contribution >= 4 is 0 Å². The van der Waals surface area contributed by atoms with Crippen molar-refractivity contribution < 1.29 is 5.11 Å². The van der Waals surface area contributed by atoms with E-state index < -0.39 is 0 Å². The van der Waals surface area contributed by atoms with Crippen LogP contribution in [-0.4, -0.2) is 16.2 Å². The van der Waals surface area contributed by atoms with E-state index in [-0.39, 0.29) is 0 Å². The fourth-order valence-corrected chi connectivity index (χ4v) is 1.83. The van der Waals surface area contributed by atoms with Gasteiger partial charge in [-0.3, -0.25) is 0 Å². The Kier molecular flexibility index (Phi) is 3.83. The molecule has 0 aliphatic heterocycles. The minimum Gasteiger partial charge on any atom is -0.508 e. The molecule has 2 rings (SSSR count). The Morgan fingerprint density at radius 1 is 1.24 bits per heavy atom. The van der Waals surface area contributed by atoms with E-state index in [4.69, 9.17) is 0 Å². The predicted octanol–water partition coefficient (Wildman–Crippen LogP) is 2.35. The average molecular weight is 230 g/mol. The third-order valence-corrected chi connectivity index (χ3v) is 2.67. The molecule has 0 saturated carbocycles. The number of nitrogens with zero attached hydrogens (tertiary/aromatic N) is 1. The van der Waals surface area contributed by atoms with Crippen LogP contribution in [0.1, 0.15) is 18.1 Å². The van der Waals surface area contributed by atoms with Crippen LogP contribution in [0.5, 0.6) is 5.75 Å². The largest absolute Gasteiger partial charge is 0.508 e. The van der Waals surface area contributed by atoms with E-state index in [1.807, 2.05) is 12.1 Å². The van der Waals surface area contributed by atoms with E-state index in [0.29, 0.717) is 5.75 Å². The van der Waals surface area contributed by atoms with Crippen LogP contribution in [0.2, 0.25) is 0 Å². The van der Waals surface area contributed by atoms with Crippen molar-refractivity contribution in [1.82, 2.24) is 9.88 Å². The molecule has 0 bridgehead atoms. The maximum atomic E-state index is 9.39. The summed E-state index contributed by atoms with van der Waals surface area (Å²) in [6.45, 7) is 4.78. The normalized spacial score (nSPS) is 10.6. The quantitative estimate of drug-likeness (QED) is 0.827. The summed E-state index contributed by atoms with van der Waals surface area (Å²) >= 11 is 0. The van der Waals surface area contributed by atoms with Crippen molar-refractivity contribution in [2.75, 3.05) is 6.54 Å². The molecule has 1 aromatic carbocycles. The van der Waals surface area contributed by atoms with Crippen LogP contribution < -0.4 is 5.32 Å². The van der Waals surface area contributed by atoms with E-state index >= 15 is 0 Å². The van der Waals surface area contributed by atoms with E-state index in [9.17, 15) is 5.11 Å². The lowest BCUT2D eigenvalue weighted by molar-refractivity contribution is 0.474. The topological polar surface area (TPSA) is 37.2 Å². The van der Waals surface area contributed by atoms with E-state index in [2.05, 4.69) is 35.3 Å². The Bertz CT molecular complexity index is 477. The van der Waals surface area contributed by atoms with Crippen molar-refractivity contribution in [3.8, 4) is 5.75 Å². The Hall–Kier alpha value is -1.74. The fraction of sp³-hybridized carbons (Fsp3) is 0.286. The van der Waals surface area contributed by atoms with Gasteiger partial charge < -0.3 is 15.0 Å². The number of aromatic nitrogens is 1. The van der Waals surface area contributed by atoms with Crippen molar-refractivity contribution in [1.29, 1.82) is 0 Å². The van der Waals surface area contributed by atoms with E-state index in [1.165, 1.54) is 5.56 Å². The molecule has 3 heteroatoms. The molecule has 3 nitrogen and oxygen atoms in total. The molecule has 0 atom stereocenters. The number of hydrogen-bond acceptors (Lipinski definition) is 2. The second-order valence-electron chi connectivity index (χ2n) is 4.14. The summed E-state index contributed by atoms with van der Waals surface area (Å²) in [5.41, 5.74) is 2.39. The SMILES string of the molecule is CCNCc1ccn(Cc2cccc(O)c2)c1. The predicted molar refractivity (Wildman–Crippen MR) is 69.0 cm³/mol. The third kappa shape index (κ3) is 3.36. The van der Waals surface area contributed by atoms with Gasteiger partial charge in [-0.05, 0) is 35.9 Å². The van der Waals surface area contributed by atoms with Gasteiger partial charge in [-0.1, -0.05) is 19.1 Å². The van der Waals surface area contributed by atoms with Gasteiger partial charge in [0.05, 0.1) is 0 Å². The van der Waals surface area contributed by atoms with E-state index in [0.717, 1.165) is 25.2 Å². The molecule has 90 valence electrons. The van der Waals surface area contributed by atoms with Crippen molar-refractivity contribution in [3.05, 3.63) is 53.9 Å². The van der Waals surface area contributed by atoms with Crippen LogP contribution in [0.4, 0.5) is 0 Å². The van der Waals surface area contributed by atoms with Crippen LogP contribution in [0.25, 0.3) is 0 Å². The molecule has 17 heavy (non-hydrogen) atoms. The summed E-state index contributed by atoms with van der Waals surface area (Å²) in [7, 11) is 0. The molecule has 0 amide bonds. The van der Waals surface area contributed by atoms with Gasteiger partial charge in [-0.2, -0.15) is 0 Å². The zero-order valence-corrected chi connectivity index (χ0v) is 10.1. The van der Waals surface area contributed by atoms with Gasteiger partial charge >= 0.3 is 0 Å². The second kappa shape index (κ2) is 5.55. The summed E-state index contributed by atoms with van der Waals surface area (Å²) in [6.07, 6.45) is 4.20. The minimum absolute atomic E-state index is 0.322. The van der Waals surface area contributed by atoms with Crippen molar-refractivity contribution in [2.45, 2.75) is 20.0 Å². The number of rotatable bonds is 5. The first-order valence-corrected chi connectivity index (χ1v) is 5.91. The molecule has 2 aromatic rings. The molecule has 0 radical (unpaired) electrons. The maximum absolute atomic E-state index is 9.39. The molecule has 1 heterocycles. The lowest BCUT2D eigenvalue weighted by atomic mass is 10.2. The molecule has 0 aliphatic carbocycles. The highest BCUT2D eigenvalue weighted by Gasteiger charge is 1.98. The molecule has 0 unspecified atom stereocenters. The van der Waals surface area contributed by atoms with Gasteiger partial charge in [0.1, 0.15) is 5.75 Å². The third-order valence-electron chi connectivity index (χ3n) is 2.67. The van der Waals surface area contributed by atoms with Gasteiger partial charge in [0.15, 0.2) is 0 Å². The number of benzene rings is 1. The van der Waals surface area contributed by atoms with Gasteiger partial charge in [0.25, 0.3) is 0 Å². The lowest BCUT2D eigenvalue weighted by Gasteiger charge is -2.03. The highest BCUT2D eigenvalue weighted by Crippen LogP contribution is 2.12. The fourth-order valence-electron chi connectivity index (χ4n) is 1.83.